The van der Waals surface area contributed by atoms with Crippen molar-refractivity contribution in [2.24, 2.45) is 17.8 Å². The molecule has 6 heteroatoms. The highest BCUT2D eigenvalue weighted by Gasteiger charge is 2.35. The van der Waals surface area contributed by atoms with Crippen molar-refractivity contribution in [1.29, 1.82) is 0 Å². The van der Waals surface area contributed by atoms with Gasteiger partial charge in [-0.25, -0.2) is 14.3 Å². The number of fused-ring (bicyclic) bond motifs is 3. The van der Waals surface area contributed by atoms with Crippen LogP contribution in [0.2, 0.25) is 0 Å². The summed E-state index contributed by atoms with van der Waals surface area (Å²) in [6.45, 7) is 8.37. The van der Waals surface area contributed by atoms with Gasteiger partial charge in [0.1, 0.15) is 12.2 Å². The summed E-state index contributed by atoms with van der Waals surface area (Å²) >= 11 is 0. The van der Waals surface area contributed by atoms with E-state index in [9.17, 15) is 9.59 Å². The quantitative estimate of drug-likeness (QED) is 0.702. The number of esters is 2. The van der Waals surface area contributed by atoms with Crippen LogP contribution in [0.25, 0.3) is 5.69 Å². The fourth-order valence-electron chi connectivity index (χ4n) is 4.54. The second kappa shape index (κ2) is 7.65. The zero-order valence-electron chi connectivity index (χ0n) is 17.4. The summed E-state index contributed by atoms with van der Waals surface area (Å²) in [7, 11) is 0. The molecule has 29 heavy (non-hydrogen) atoms. The minimum atomic E-state index is -0.512. The van der Waals surface area contributed by atoms with Gasteiger partial charge in [-0.2, -0.15) is 5.10 Å². The van der Waals surface area contributed by atoms with Gasteiger partial charge in [0.25, 0.3) is 0 Å². The zero-order chi connectivity index (χ0) is 20.7. The minimum Gasteiger partial charge on any atom is -0.457 e. The zero-order valence-corrected chi connectivity index (χ0v) is 17.4. The van der Waals surface area contributed by atoms with E-state index in [2.05, 4.69) is 25.9 Å². The van der Waals surface area contributed by atoms with E-state index in [4.69, 9.17) is 9.47 Å². The summed E-state index contributed by atoms with van der Waals surface area (Å²) in [6, 6.07) is 8.81. The van der Waals surface area contributed by atoms with Crippen LogP contribution in [0.5, 0.6) is 0 Å². The Labute approximate surface area is 171 Å². The lowest BCUT2D eigenvalue weighted by Gasteiger charge is -2.36. The van der Waals surface area contributed by atoms with Crippen molar-refractivity contribution in [3.8, 4) is 5.69 Å². The van der Waals surface area contributed by atoms with Gasteiger partial charge in [-0.05, 0) is 55.7 Å². The monoisotopic (exact) mass is 396 g/mol. The van der Waals surface area contributed by atoms with Crippen LogP contribution in [0.1, 0.15) is 79.6 Å². The number of hydrogen-bond donors (Lipinski definition) is 0. The first-order chi connectivity index (χ1) is 13.8. The number of carbonyl (C=O) groups excluding carboxylic acids is 2. The summed E-state index contributed by atoms with van der Waals surface area (Å²) in [5.41, 5.74) is 1.96. The SMILES string of the molecule is CC(C)[C@@H]1CC[C@@H](C)C[C@H]1OC(=O)c1cc2n(n1)-c1ccccc1C(=O)O[C@H]2C. The van der Waals surface area contributed by atoms with Crippen molar-refractivity contribution in [2.45, 2.75) is 59.2 Å². The maximum Gasteiger partial charge on any atom is 0.359 e. The summed E-state index contributed by atoms with van der Waals surface area (Å²) < 4.78 is 13.1. The van der Waals surface area contributed by atoms with Crippen LogP contribution in [0.15, 0.2) is 30.3 Å². The van der Waals surface area contributed by atoms with Crippen LogP contribution >= 0.6 is 0 Å². The molecule has 0 amide bonds. The number of cyclic esters (lactones) is 1. The van der Waals surface area contributed by atoms with Gasteiger partial charge < -0.3 is 9.47 Å². The van der Waals surface area contributed by atoms with Gasteiger partial charge in [-0.3, -0.25) is 0 Å². The molecule has 1 saturated carbocycles. The van der Waals surface area contributed by atoms with E-state index in [-0.39, 0.29) is 11.8 Å². The molecule has 0 spiro atoms. The van der Waals surface area contributed by atoms with Gasteiger partial charge in [-0.15, -0.1) is 0 Å². The van der Waals surface area contributed by atoms with Crippen molar-refractivity contribution in [1.82, 2.24) is 9.78 Å². The third-order valence-corrected chi connectivity index (χ3v) is 6.22. The predicted octanol–water partition coefficient (Wildman–Crippen LogP) is 4.72. The molecule has 0 unspecified atom stereocenters. The highest BCUT2D eigenvalue weighted by molar-refractivity contribution is 5.94. The van der Waals surface area contributed by atoms with Crippen molar-refractivity contribution in [3.05, 3.63) is 47.3 Å². The molecule has 1 aliphatic carbocycles. The van der Waals surface area contributed by atoms with Crippen LogP contribution in [0.3, 0.4) is 0 Å². The van der Waals surface area contributed by atoms with E-state index in [1.54, 1.807) is 35.9 Å². The van der Waals surface area contributed by atoms with Crippen LogP contribution in [-0.2, 0) is 9.47 Å². The van der Waals surface area contributed by atoms with E-state index < -0.39 is 18.0 Å². The van der Waals surface area contributed by atoms with Gasteiger partial charge in [0.2, 0.25) is 0 Å². The first kappa shape index (κ1) is 19.7. The number of hydrogen-bond acceptors (Lipinski definition) is 5. The fraction of sp³-hybridized carbons (Fsp3) is 0.522. The summed E-state index contributed by atoms with van der Waals surface area (Å²) in [6.07, 6.45) is 2.54. The molecule has 0 saturated heterocycles. The first-order valence-electron chi connectivity index (χ1n) is 10.5. The molecule has 2 aromatic rings. The molecule has 2 heterocycles. The maximum absolute atomic E-state index is 13.0. The smallest absolute Gasteiger partial charge is 0.359 e. The predicted molar refractivity (Wildman–Crippen MR) is 108 cm³/mol. The Bertz CT molecular complexity index is 933. The highest BCUT2D eigenvalue weighted by Crippen LogP contribution is 2.36. The van der Waals surface area contributed by atoms with Crippen LogP contribution in [0, 0.1) is 17.8 Å². The van der Waals surface area contributed by atoms with E-state index in [1.165, 1.54) is 6.42 Å². The summed E-state index contributed by atoms with van der Waals surface area (Å²) in [4.78, 5) is 25.3. The molecule has 2 aliphatic rings. The van der Waals surface area contributed by atoms with Crippen LogP contribution in [0.4, 0.5) is 0 Å². The number of rotatable bonds is 3. The normalized spacial score (nSPS) is 26.3. The van der Waals surface area contributed by atoms with Crippen molar-refractivity contribution < 1.29 is 19.1 Å². The third kappa shape index (κ3) is 3.68. The lowest BCUT2D eigenvalue weighted by atomic mass is 9.75. The lowest BCUT2D eigenvalue weighted by Crippen LogP contribution is -2.36. The van der Waals surface area contributed by atoms with E-state index in [0.717, 1.165) is 12.8 Å². The number of para-hydroxylation sites is 1. The lowest BCUT2D eigenvalue weighted by molar-refractivity contribution is -0.0179. The van der Waals surface area contributed by atoms with Crippen molar-refractivity contribution >= 4 is 11.9 Å². The van der Waals surface area contributed by atoms with Crippen molar-refractivity contribution in [2.75, 3.05) is 0 Å². The van der Waals surface area contributed by atoms with Crippen molar-refractivity contribution in [3.63, 3.8) is 0 Å². The van der Waals surface area contributed by atoms with Crippen LogP contribution in [-0.4, -0.2) is 27.8 Å². The minimum absolute atomic E-state index is 0.0877. The van der Waals surface area contributed by atoms with Gasteiger partial charge in [-0.1, -0.05) is 39.3 Å². The van der Waals surface area contributed by atoms with E-state index in [1.807, 2.05) is 6.07 Å². The molecule has 1 aromatic carbocycles. The molecule has 154 valence electrons. The molecule has 1 aromatic heterocycles. The molecule has 0 bridgehead atoms. The molecule has 0 radical (unpaired) electrons. The van der Waals surface area contributed by atoms with Gasteiger partial charge in [0.15, 0.2) is 5.69 Å². The van der Waals surface area contributed by atoms with Crippen LogP contribution < -0.4 is 0 Å². The standard InChI is InChI=1S/C23H28N2O4/c1-13(2)16-10-9-14(3)11-21(16)29-23(27)18-12-20-15(4)28-22(26)17-7-5-6-8-19(17)25(20)24-18/h5-8,12-16,21H,9-11H2,1-4H3/t14-,15+,16+,21-/m1/s1. The molecule has 6 nitrogen and oxygen atoms in total. The Morgan fingerprint density at radius 3 is 2.76 bits per heavy atom. The second-order valence-electron chi connectivity index (χ2n) is 8.70. The summed E-state index contributed by atoms with van der Waals surface area (Å²) in [5.74, 6) is 0.583. The maximum atomic E-state index is 13.0. The van der Waals surface area contributed by atoms with E-state index >= 15 is 0 Å². The number of nitrogens with zero attached hydrogens (tertiary/aromatic N) is 2. The average Bonchev–Trinajstić information content (AvgIpc) is 3.10. The second-order valence-corrected chi connectivity index (χ2v) is 8.70. The van der Waals surface area contributed by atoms with Gasteiger partial charge in [0.05, 0.1) is 16.9 Å². The third-order valence-electron chi connectivity index (χ3n) is 6.22. The Morgan fingerprint density at radius 2 is 2.00 bits per heavy atom. The van der Waals surface area contributed by atoms with Gasteiger partial charge >= 0.3 is 11.9 Å². The Kier molecular flexibility index (Phi) is 5.19. The number of benzene rings is 1. The molecule has 4 atom stereocenters. The molecule has 1 fully saturated rings. The molecular weight excluding hydrogens is 368 g/mol. The Morgan fingerprint density at radius 1 is 1.24 bits per heavy atom. The molecule has 4 rings (SSSR count). The Balaban J connectivity index is 1.64. The number of carbonyl (C=O) groups is 2. The first-order valence-corrected chi connectivity index (χ1v) is 10.5. The number of aromatic nitrogens is 2. The average molecular weight is 396 g/mol. The highest BCUT2D eigenvalue weighted by atomic mass is 16.5. The molecular formula is C23H28N2O4. The topological polar surface area (TPSA) is 70.4 Å². The largest absolute Gasteiger partial charge is 0.457 e. The summed E-state index contributed by atoms with van der Waals surface area (Å²) in [5, 5.41) is 4.50. The fourth-order valence-corrected chi connectivity index (χ4v) is 4.54. The van der Waals surface area contributed by atoms with E-state index in [0.29, 0.717) is 34.7 Å². The Hall–Kier alpha value is -2.63. The molecule has 0 N–H and O–H groups in total. The molecule has 1 aliphatic heterocycles. The number of ether oxygens (including phenoxy) is 2. The van der Waals surface area contributed by atoms with Gasteiger partial charge in [0, 0.05) is 0 Å².